The quantitative estimate of drug-likeness (QED) is 0.259. The summed E-state index contributed by atoms with van der Waals surface area (Å²) in [6, 6.07) is 11.8. The molecule has 0 aromatic heterocycles. The molecule has 1 aliphatic rings. The van der Waals surface area contributed by atoms with Crippen LogP contribution in [0.5, 0.6) is 0 Å². The molecule has 0 unspecified atom stereocenters. The summed E-state index contributed by atoms with van der Waals surface area (Å²) in [6.45, 7) is 3.97. The Morgan fingerprint density at radius 3 is 2.28 bits per heavy atom. The maximum absolute atomic E-state index is 11.3. The predicted octanol–water partition coefficient (Wildman–Crippen LogP) is 4.46. The highest BCUT2D eigenvalue weighted by atomic mass is 79.9. The number of nitro groups is 2. The molecule has 0 aliphatic carbocycles. The lowest BCUT2D eigenvalue weighted by Gasteiger charge is -2.35. The standard InChI is InChI=1S/C18H17BrN4O4S2/c19-14-3-1-13(2-4-14)12-20-7-9-21(10-8-20)18(28)29-17-6-5-15(22(24)25)11-16(17)23(26)27/h1-6,11H,7-10,12H2. The van der Waals surface area contributed by atoms with E-state index in [4.69, 9.17) is 12.2 Å². The maximum Gasteiger partial charge on any atom is 0.290 e. The van der Waals surface area contributed by atoms with Crippen molar-refractivity contribution in [3.8, 4) is 0 Å². The van der Waals surface area contributed by atoms with E-state index in [-0.39, 0.29) is 11.4 Å². The van der Waals surface area contributed by atoms with Crippen LogP contribution in [0.2, 0.25) is 0 Å². The van der Waals surface area contributed by atoms with Crippen LogP contribution in [0.25, 0.3) is 0 Å². The van der Waals surface area contributed by atoms with Crippen molar-refractivity contribution in [2.24, 2.45) is 0 Å². The summed E-state index contributed by atoms with van der Waals surface area (Å²) < 4.78 is 1.58. The first-order valence-corrected chi connectivity index (χ1v) is 10.7. The molecule has 1 fully saturated rings. The van der Waals surface area contributed by atoms with Crippen molar-refractivity contribution in [1.82, 2.24) is 9.80 Å². The van der Waals surface area contributed by atoms with Crippen LogP contribution in [0.15, 0.2) is 51.8 Å². The van der Waals surface area contributed by atoms with Crippen molar-refractivity contribution in [3.05, 3.63) is 72.7 Å². The van der Waals surface area contributed by atoms with E-state index in [1.807, 2.05) is 17.0 Å². The minimum atomic E-state index is -0.648. The van der Waals surface area contributed by atoms with Crippen LogP contribution in [0.3, 0.4) is 0 Å². The van der Waals surface area contributed by atoms with Gasteiger partial charge in [-0.1, -0.05) is 52.0 Å². The van der Waals surface area contributed by atoms with E-state index in [0.29, 0.717) is 9.22 Å². The number of thiocarbonyl (C=S) groups is 1. The Hall–Kier alpha value is -2.08. The van der Waals surface area contributed by atoms with E-state index in [9.17, 15) is 20.2 Å². The fourth-order valence-corrected chi connectivity index (χ4v) is 4.53. The molecule has 1 aliphatic heterocycles. The van der Waals surface area contributed by atoms with Gasteiger partial charge in [0.2, 0.25) is 0 Å². The van der Waals surface area contributed by atoms with Gasteiger partial charge in [0.15, 0.2) is 0 Å². The Morgan fingerprint density at radius 1 is 1.03 bits per heavy atom. The summed E-state index contributed by atoms with van der Waals surface area (Å²) in [7, 11) is 0. The number of hydrogen-bond acceptors (Lipinski definition) is 7. The monoisotopic (exact) mass is 496 g/mol. The maximum atomic E-state index is 11.3. The Labute approximate surface area is 185 Å². The molecule has 1 saturated heterocycles. The number of halogens is 1. The van der Waals surface area contributed by atoms with Crippen LogP contribution in [-0.2, 0) is 6.54 Å². The second-order valence-corrected chi connectivity index (χ2v) is 9.02. The minimum Gasteiger partial charge on any atom is -0.355 e. The van der Waals surface area contributed by atoms with Gasteiger partial charge in [-0.05, 0) is 23.8 Å². The van der Waals surface area contributed by atoms with Crippen molar-refractivity contribution in [1.29, 1.82) is 0 Å². The summed E-state index contributed by atoms with van der Waals surface area (Å²) in [4.78, 5) is 25.6. The lowest BCUT2D eigenvalue weighted by atomic mass is 10.2. The van der Waals surface area contributed by atoms with Gasteiger partial charge in [-0.3, -0.25) is 25.1 Å². The zero-order chi connectivity index (χ0) is 21.0. The molecule has 152 valence electrons. The van der Waals surface area contributed by atoms with E-state index >= 15 is 0 Å². The van der Waals surface area contributed by atoms with Crippen molar-refractivity contribution < 1.29 is 9.85 Å². The van der Waals surface area contributed by atoms with Gasteiger partial charge in [0, 0.05) is 43.3 Å². The lowest BCUT2D eigenvalue weighted by Crippen LogP contribution is -2.47. The van der Waals surface area contributed by atoms with Crippen molar-refractivity contribution >= 4 is 55.6 Å². The predicted molar refractivity (Wildman–Crippen MR) is 119 cm³/mol. The second kappa shape index (κ2) is 9.61. The van der Waals surface area contributed by atoms with Gasteiger partial charge >= 0.3 is 0 Å². The summed E-state index contributed by atoms with van der Waals surface area (Å²) >= 11 is 10.0. The molecular formula is C18H17BrN4O4S2. The van der Waals surface area contributed by atoms with Crippen LogP contribution >= 0.6 is 39.9 Å². The normalized spacial score (nSPS) is 14.6. The summed E-state index contributed by atoms with van der Waals surface area (Å²) in [5.74, 6) is 0. The molecule has 3 rings (SSSR count). The number of nitrogens with zero attached hydrogens (tertiary/aromatic N) is 4. The topological polar surface area (TPSA) is 92.8 Å². The zero-order valence-corrected chi connectivity index (χ0v) is 18.4. The number of non-ortho nitro benzene ring substituents is 1. The number of thioether (sulfide) groups is 1. The smallest absolute Gasteiger partial charge is 0.290 e. The fraction of sp³-hybridized carbons (Fsp3) is 0.278. The third-order valence-corrected chi connectivity index (χ3v) is 6.53. The highest BCUT2D eigenvalue weighted by Gasteiger charge is 2.24. The highest BCUT2D eigenvalue weighted by Crippen LogP contribution is 2.34. The highest BCUT2D eigenvalue weighted by molar-refractivity contribution is 9.10. The van der Waals surface area contributed by atoms with E-state index < -0.39 is 9.85 Å². The molecule has 0 radical (unpaired) electrons. The average Bonchev–Trinajstić information content (AvgIpc) is 2.70. The Balaban J connectivity index is 1.59. The van der Waals surface area contributed by atoms with Gasteiger partial charge in [-0.2, -0.15) is 0 Å². The molecule has 0 bridgehead atoms. The van der Waals surface area contributed by atoms with Crippen LogP contribution in [0.1, 0.15) is 5.56 Å². The van der Waals surface area contributed by atoms with E-state index in [1.165, 1.54) is 17.7 Å². The summed E-state index contributed by atoms with van der Waals surface area (Å²) in [5.41, 5.74) is 0.619. The first-order valence-electron chi connectivity index (χ1n) is 8.70. The molecule has 2 aromatic rings. The molecule has 0 N–H and O–H groups in total. The third-order valence-electron chi connectivity index (χ3n) is 4.50. The number of rotatable bonds is 5. The van der Waals surface area contributed by atoms with Crippen LogP contribution in [0, 0.1) is 20.2 Å². The lowest BCUT2D eigenvalue weighted by molar-refractivity contribution is -0.396. The minimum absolute atomic E-state index is 0.305. The van der Waals surface area contributed by atoms with Crippen molar-refractivity contribution in [2.75, 3.05) is 26.2 Å². The average molecular weight is 497 g/mol. The van der Waals surface area contributed by atoms with Crippen molar-refractivity contribution in [2.45, 2.75) is 11.4 Å². The number of nitro benzene ring substituents is 2. The zero-order valence-electron chi connectivity index (χ0n) is 15.2. The molecule has 1 heterocycles. The molecule has 29 heavy (non-hydrogen) atoms. The van der Waals surface area contributed by atoms with E-state index in [2.05, 4.69) is 33.0 Å². The van der Waals surface area contributed by atoms with Gasteiger partial charge in [0.25, 0.3) is 11.4 Å². The van der Waals surface area contributed by atoms with E-state index in [1.54, 1.807) is 0 Å². The van der Waals surface area contributed by atoms with E-state index in [0.717, 1.165) is 55.0 Å². The van der Waals surface area contributed by atoms with Gasteiger partial charge in [0.05, 0.1) is 20.8 Å². The molecule has 0 spiro atoms. The molecule has 11 heteroatoms. The SMILES string of the molecule is O=[N+]([O-])c1ccc(SC(=S)N2CCN(Cc3ccc(Br)cc3)CC2)c([N+](=O)[O-])c1. The summed E-state index contributed by atoms with van der Waals surface area (Å²) in [6.07, 6.45) is 0. The Kier molecular flexibility index (Phi) is 7.17. The van der Waals surface area contributed by atoms with Gasteiger partial charge < -0.3 is 4.90 Å². The summed E-state index contributed by atoms with van der Waals surface area (Å²) in [5, 5.41) is 22.2. The molecule has 0 atom stereocenters. The second-order valence-electron chi connectivity index (χ2n) is 6.42. The number of hydrogen-bond donors (Lipinski definition) is 0. The van der Waals surface area contributed by atoms with Crippen LogP contribution in [-0.4, -0.2) is 50.1 Å². The van der Waals surface area contributed by atoms with Gasteiger partial charge in [-0.25, -0.2) is 0 Å². The van der Waals surface area contributed by atoms with Gasteiger partial charge in [-0.15, -0.1) is 0 Å². The molecule has 2 aromatic carbocycles. The fourth-order valence-electron chi connectivity index (χ4n) is 2.94. The number of piperazine rings is 1. The Bertz CT molecular complexity index is 934. The van der Waals surface area contributed by atoms with Crippen LogP contribution < -0.4 is 0 Å². The molecule has 8 nitrogen and oxygen atoms in total. The molecule has 0 amide bonds. The van der Waals surface area contributed by atoms with Crippen LogP contribution in [0.4, 0.5) is 11.4 Å². The first-order chi connectivity index (χ1) is 13.8. The number of benzene rings is 2. The largest absolute Gasteiger partial charge is 0.355 e. The molecular weight excluding hydrogens is 480 g/mol. The molecule has 0 saturated carbocycles. The van der Waals surface area contributed by atoms with Crippen molar-refractivity contribution in [3.63, 3.8) is 0 Å². The third kappa shape index (κ3) is 5.72. The first kappa shape index (κ1) is 21.6. The van der Waals surface area contributed by atoms with Gasteiger partial charge in [0.1, 0.15) is 4.32 Å². The Morgan fingerprint density at radius 2 is 1.69 bits per heavy atom.